The van der Waals surface area contributed by atoms with Gasteiger partial charge in [-0.25, -0.2) is 0 Å². The molecule has 0 aliphatic heterocycles. The minimum Gasteiger partial charge on any atom is -0.466 e. The summed E-state index contributed by atoms with van der Waals surface area (Å²) in [4.78, 5) is 10.8. The van der Waals surface area contributed by atoms with Crippen LogP contribution in [0.5, 0.6) is 0 Å². The Hall–Kier alpha value is -0.530. The molecule has 2 heteroatoms. The molecule has 0 radical (unpaired) electrons. The maximum atomic E-state index is 10.8. The lowest BCUT2D eigenvalue weighted by Gasteiger charge is -2.16. The fourth-order valence-corrected chi connectivity index (χ4v) is 2.25. The third kappa shape index (κ3) is 11.9. The molecule has 1 unspecified atom stereocenters. The Labute approximate surface area is 113 Å². The van der Waals surface area contributed by atoms with Gasteiger partial charge in [-0.3, -0.25) is 4.79 Å². The topological polar surface area (TPSA) is 26.3 Å². The van der Waals surface area contributed by atoms with Gasteiger partial charge in [0, 0.05) is 6.92 Å². The van der Waals surface area contributed by atoms with Gasteiger partial charge in [0.1, 0.15) is 0 Å². The van der Waals surface area contributed by atoms with E-state index in [-0.39, 0.29) is 5.97 Å². The van der Waals surface area contributed by atoms with E-state index in [0.717, 1.165) is 0 Å². The van der Waals surface area contributed by atoms with E-state index < -0.39 is 0 Å². The Kier molecular flexibility index (Phi) is 12.5. The van der Waals surface area contributed by atoms with Gasteiger partial charge in [0.25, 0.3) is 0 Å². The first kappa shape index (κ1) is 17.5. The monoisotopic (exact) mass is 256 g/mol. The molecule has 0 aromatic rings. The summed E-state index contributed by atoms with van der Waals surface area (Å²) in [5.74, 6) is 0.444. The smallest absolute Gasteiger partial charge is 0.302 e. The van der Waals surface area contributed by atoms with E-state index in [1.807, 2.05) is 0 Å². The van der Waals surface area contributed by atoms with Gasteiger partial charge in [-0.1, -0.05) is 65.2 Å². The Morgan fingerprint density at radius 3 is 2.06 bits per heavy atom. The van der Waals surface area contributed by atoms with E-state index in [0.29, 0.717) is 12.5 Å². The molecule has 0 aromatic carbocycles. The Morgan fingerprint density at radius 1 is 0.889 bits per heavy atom. The van der Waals surface area contributed by atoms with Gasteiger partial charge < -0.3 is 4.74 Å². The Balaban J connectivity index is 3.61. The molecule has 0 rings (SSSR count). The zero-order chi connectivity index (χ0) is 13.6. The number of esters is 1. The molecule has 0 amide bonds. The first-order valence-electron chi connectivity index (χ1n) is 7.84. The highest BCUT2D eigenvalue weighted by Gasteiger charge is 2.09. The molecule has 1 atom stereocenters. The molecule has 0 saturated heterocycles. The summed E-state index contributed by atoms with van der Waals surface area (Å²) in [5.41, 5.74) is 0. The van der Waals surface area contributed by atoms with Crippen LogP contribution < -0.4 is 0 Å². The summed E-state index contributed by atoms with van der Waals surface area (Å²) in [6, 6.07) is 0. The first-order chi connectivity index (χ1) is 8.70. The maximum absolute atomic E-state index is 10.8. The van der Waals surface area contributed by atoms with Gasteiger partial charge in [0.05, 0.1) is 6.61 Å². The number of unbranched alkanes of at least 4 members (excludes halogenated alkanes) is 6. The van der Waals surface area contributed by atoms with Crippen molar-refractivity contribution < 1.29 is 9.53 Å². The number of hydrogen-bond donors (Lipinski definition) is 0. The van der Waals surface area contributed by atoms with Crippen molar-refractivity contribution >= 4 is 5.97 Å². The molecule has 0 bridgehead atoms. The van der Waals surface area contributed by atoms with Crippen LogP contribution in [0.3, 0.4) is 0 Å². The molecule has 108 valence electrons. The third-order valence-corrected chi connectivity index (χ3v) is 3.45. The van der Waals surface area contributed by atoms with Gasteiger partial charge in [-0.05, 0) is 18.8 Å². The van der Waals surface area contributed by atoms with Crippen LogP contribution >= 0.6 is 0 Å². The van der Waals surface area contributed by atoms with Crippen molar-refractivity contribution in [1.82, 2.24) is 0 Å². The molecule has 0 spiro atoms. The number of hydrogen-bond acceptors (Lipinski definition) is 2. The van der Waals surface area contributed by atoms with Crippen LogP contribution in [0.4, 0.5) is 0 Å². The number of carbonyl (C=O) groups is 1. The Morgan fingerprint density at radius 2 is 1.44 bits per heavy atom. The second-order valence-corrected chi connectivity index (χ2v) is 5.37. The van der Waals surface area contributed by atoms with Crippen LogP contribution in [0, 0.1) is 5.92 Å². The van der Waals surface area contributed by atoms with Crippen LogP contribution in [-0.4, -0.2) is 12.6 Å². The number of carbonyl (C=O) groups excluding carboxylic acids is 1. The highest BCUT2D eigenvalue weighted by atomic mass is 16.5. The Bertz CT molecular complexity index is 190. The largest absolute Gasteiger partial charge is 0.466 e. The molecule has 2 nitrogen and oxygen atoms in total. The van der Waals surface area contributed by atoms with Gasteiger partial charge >= 0.3 is 5.97 Å². The molecule has 0 heterocycles. The molecule has 0 fully saturated rings. The molecule has 0 N–H and O–H groups in total. The van der Waals surface area contributed by atoms with E-state index in [9.17, 15) is 4.79 Å². The van der Waals surface area contributed by atoms with Crippen LogP contribution in [-0.2, 0) is 9.53 Å². The van der Waals surface area contributed by atoms with Crippen LogP contribution in [0.15, 0.2) is 0 Å². The second-order valence-electron chi connectivity index (χ2n) is 5.37. The lowest BCUT2D eigenvalue weighted by molar-refractivity contribution is -0.142. The van der Waals surface area contributed by atoms with Crippen LogP contribution in [0.25, 0.3) is 0 Å². The van der Waals surface area contributed by atoms with Crippen LogP contribution in [0.2, 0.25) is 0 Å². The highest BCUT2D eigenvalue weighted by Crippen LogP contribution is 2.18. The molecular formula is C16H32O2. The summed E-state index contributed by atoms with van der Waals surface area (Å²) in [6.45, 7) is 6.60. The molecule has 18 heavy (non-hydrogen) atoms. The summed E-state index contributed by atoms with van der Waals surface area (Å²) < 4.78 is 5.16. The van der Waals surface area contributed by atoms with Crippen molar-refractivity contribution in [3.05, 3.63) is 0 Å². The van der Waals surface area contributed by atoms with E-state index >= 15 is 0 Å². The van der Waals surface area contributed by atoms with E-state index in [1.54, 1.807) is 0 Å². The van der Waals surface area contributed by atoms with Gasteiger partial charge in [0.15, 0.2) is 0 Å². The van der Waals surface area contributed by atoms with E-state index in [4.69, 9.17) is 4.74 Å². The SMILES string of the molecule is CCCCCCCCC(CCCC)COC(C)=O. The van der Waals surface area contributed by atoms with Crippen molar-refractivity contribution in [2.75, 3.05) is 6.61 Å². The quantitative estimate of drug-likeness (QED) is 0.358. The fourth-order valence-electron chi connectivity index (χ4n) is 2.25. The summed E-state index contributed by atoms with van der Waals surface area (Å²) in [7, 11) is 0. The summed E-state index contributed by atoms with van der Waals surface area (Å²) >= 11 is 0. The fraction of sp³-hybridized carbons (Fsp3) is 0.938. The zero-order valence-corrected chi connectivity index (χ0v) is 12.7. The third-order valence-electron chi connectivity index (χ3n) is 3.45. The van der Waals surface area contributed by atoms with E-state index in [1.165, 1.54) is 71.1 Å². The molecular weight excluding hydrogens is 224 g/mol. The van der Waals surface area contributed by atoms with Crippen molar-refractivity contribution in [1.29, 1.82) is 0 Å². The van der Waals surface area contributed by atoms with Crippen molar-refractivity contribution in [2.24, 2.45) is 5.92 Å². The lowest BCUT2D eigenvalue weighted by atomic mass is 9.96. The average molecular weight is 256 g/mol. The van der Waals surface area contributed by atoms with E-state index in [2.05, 4.69) is 13.8 Å². The highest BCUT2D eigenvalue weighted by molar-refractivity contribution is 5.65. The number of ether oxygens (including phenoxy) is 1. The predicted molar refractivity (Wildman–Crippen MR) is 77.6 cm³/mol. The minimum atomic E-state index is -0.139. The zero-order valence-electron chi connectivity index (χ0n) is 12.7. The lowest BCUT2D eigenvalue weighted by Crippen LogP contribution is -2.12. The summed E-state index contributed by atoms with van der Waals surface area (Å²) in [6.07, 6.45) is 13.0. The molecule has 0 saturated carbocycles. The van der Waals surface area contributed by atoms with Crippen molar-refractivity contribution in [3.63, 3.8) is 0 Å². The average Bonchev–Trinajstić information content (AvgIpc) is 2.35. The van der Waals surface area contributed by atoms with Crippen molar-refractivity contribution in [3.8, 4) is 0 Å². The molecule has 0 aliphatic carbocycles. The van der Waals surface area contributed by atoms with Crippen LogP contribution in [0.1, 0.15) is 85.0 Å². The summed E-state index contributed by atoms with van der Waals surface area (Å²) in [5, 5.41) is 0. The predicted octanol–water partition coefficient (Wildman–Crippen LogP) is 5.11. The molecule has 0 aliphatic rings. The second kappa shape index (κ2) is 12.9. The standard InChI is InChI=1S/C16H32O2/c1-4-6-8-9-10-11-13-16(12-7-5-2)14-18-15(3)17/h16H,4-14H2,1-3H3. The number of rotatable bonds is 12. The van der Waals surface area contributed by atoms with Gasteiger partial charge in [-0.2, -0.15) is 0 Å². The van der Waals surface area contributed by atoms with Crippen molar-refractivity contribution in [2.45, 2.75) is 85.0 Å². The normalized spacial score (nSPS) is 12.4. The molecule has 0 aromatic heterocycles. The van der Waals surface area contributed by atoms with Gasteiger partial charge in [-0.15, -0.1) is 0 Å². The minimum absolute atomic E-state index is 0.139. The first-order valence-corrected chi connectivity index (χ1v) is 7.84. The maximum Gasteiger partial charge on any atom is 0.302 e. The van der Waals surface area contributed by atoms with Gasteiger partial charge in [0.2, 0.25) is 0 Å².